The number of pyridine rings is 1. The summed E-state index contributed by atoms with van der Waals surface area (Å²) in [6.07, 6.45) is -3.57. The number of ether oxygens (including phenoxy) is 2. The van der Waals surface area contributed by atoms with Crippen molar-refractivity contribution in [1.82, 2.24) is 4.98 Å². The first-order valence-corrected chi connectivity index (χ1v) is 9.42. The molecule has 33 heavy (non-hydrogen) atoms. The molecule has 1 aromatic heterocycles. The van der Waals surface area contributed by atoms with Crippen molar-refractivity contribution < 1.29 is 36.6 Å². The lowest BCUT2D eigenvalue weighted by Crippen LogP contribution is -2.18. The molecule has 0 radical (unpaired) electrons. The summed E-state index contributed by atoms with van der Waals surface area (Å²) in [5.74, 6) is -3.65. The monoisotopic (exact) mass is 483 g/mol. The van der Waals surface area contributed by atoms with Gasteiger partial charge in [0.15, 0.2) is 5.82 Å². The zero-order valence-corrected chi connectivity index (χ0v) is 17.4. The summed E-state index contributed by atoms with van der Waals surface area (Å²) in [6, 6.07) is 7.84. The fourth-order valence-electron chi connectivity index (χ4n) is 2.64. The molecule has 0 aliphatic rings. The Morgan fingerprint density at radius 2 is 1.73 bits per heavy atom. The normalized spacial score (nSPS) is 11.1. The molecule has 0 unspecified atom stereocenters. The Labute approximate surface area is 189 Å². The summed E-state index contributed by atoms with van der Waals surface area (Å²) in [6.45, 7) is 1.59. The van der Waals surface area contributed by atoms with Crippen molar-refractivity contribution >= 4 is 29.1 Å². The number of aromatic nitrogens is 1. The molecule has 3 aromatic rings. The van der Waals surface area contributed by atoms with Crippen LogP contribution in [0.4, 0.5) is 23.2 Å². The molecular formula is C21H14ClF4N3O4. The number of primary amides is 1. The highest BCUT2D eigenvalue weighted by atomic mass is 35.5. The highest BCUT2D eigenvalue weighted by molar-refractivity contribution is 6.31. The summed E-state index contributed by atoms with van der Waals surface area (Å²) < 4.78 is 61.0. The second-order valence-electron chi connectivity index (χ2n) is 6.56. The lowest BCUT2D eigenvalue weighted by atomic mass is 10.1. The van der Waals surface area contributed by atoms with Gasteiger partial charge in [-0.25, -0.2) is 4.39 Å². The third-order valence-corrected chi connectivity index (χ3v) is 4.46. The van der Waals surface area contributed by atoms with Crippen LogP contribution in [0, 0.1) is 12.7 Å². The molecule has 3 N–H and O–H groups in total. The fourth-order valence-corrected chi connectivity index (χ4v) is 2.80. The number of nitrogens with zero attached hydrogens (tertiary/aromatic N) is 1. The molecule has 12 heteroatoms. The van der Waals surface area contributed by atoms with Crippen LogP contribution in [0.1, 0.15) is 26.4 Å². The first-order chi connectivity index (χ1) is 15.4. The SMILES string of the molecule is Cc1cnc(C(N)=O)cc1NC(=O)c1c(Oc2ccc(OC(F)(F)F)cc2)ccc(Cl)c1F. The number of hydrogen-bond acceptors (Lipinski definition) is 5. The number of carbonyl (C=O) groups excluding carboxylic acids is 2. The van der Waals surface area contributed by atoms with Crippen LogP contribution in [-0.2, 0) is 0 Å². The molecule has 0 saturated heterocycles. The smallest absolute Gasteiger partial charge is 0.456 e. The first kappa shape index (κ1) is 23.8. The summed E-state index contributed by atoms with van der Waals surface area (Å²) in [5.41, 5.74) is 5.09. The van der Waals surface area contributed by atoms with Crippen molar-refractivity contribution in [2.75, 3.05) is 5.32 Å². The van der Waals surface area contributed by atoms with E-state index in [4.69, 9.17) is 22.1 Å². The van der Waals surface area contributed by atoms with Gasteiger partial charge in [-0.3, -0.25) is 14.6 Å². The van der Waals surface area contributed by atoms with Gasteiger partial charge in [0.05, 0.1) is 5.02 Å². The molecule has 2 aromatic carbocycles. The van der Waals surface area contributed by atoms with Gasteiger partial charge in [-0.1, -0.05) is 11.6 Å². The Morgan fingerprint density at radius 3 is 2.33 bits per heavy atom. The molecule has 0 spiro atoms. The summed E-state index contributed by atoms with van der Waals surface area (Å²) in [7, 11) is 0. The Kier molecular flexibility index (Phi) is 6.73. The van der Waals surface area contributed by atoms with Crippen LogP contribution in [0.15, 0.2) is 48.7 Å². The molecule has 1 heterocycles. The van der Waals surface area contributed by atoms with Gasteiger partial charge in [0.2, 0.25) is 0 Å². The van der Waals surface area contributed by atoms with Gasteiger partial charge in [0, 0.05) is 11.9 Å². The van der Waals surface area contributed by atoms with Crippen molar-refractivity contribution in [2.45, 2.75) is 13.3 Å². The van der Waals surface area contributed by atoms with E-state index in [9.17, 15) is 27.2 Å². The maximum absolute atomic E-state index is 14.8. The zero-order chi connectivity index (χ0) is 24.3. The van der Waals surface area contributed by atoms with Crippen LogP contribution in [0.3, 0.4) is 0 Å². The molecule has 0 bridgehead atoms. The highest BCUT2D eigenvalue weighted by Gasteiger charge is 2.31. The topological polar surface area (TPSA) is 104 Å². The lowest BCUT2D eigenvalue weighted by Gasteiger charge is -2.15. The Balaban J connectivity index is 1.91. The van der Waals surface area contributed by atoms with Crippen LogP contribution in [0.2, 0.25) is 5.02 Å². The maximum Gasteiger partial charge on any atom is 0.573 e. The lowest BCUT2D eigenvalue weighted by molar-refractivity contribution is -0.274. The van der Waals surface area contributed by atoms with E-state index in [1.807, 2.05) is 0 Å². The van der Waals surface area contributed by atoms with E-state index in [0.717, 1.165) is 30.3 Å². The summed E-state index contributed by atoms with van der Waals surface area (Å²) in [5, 5.41) is 2.07. The maximum atomic E-state index is 14.8. The van der Waals surface area contributed by atoms with E-state index >= 15 is 0 Å². The summed E-state index contributed by atoms with van der Waals surface area (Å²) in [4.78, 5) is 28.1. The highest BCUT2D eigenvalue weighted by Crippen LogP contribution is 2.33. The van der Waals surface area contributed by atoms with Gasteiger partial charge < -0.3 is 20.5 Å². The van der Waals surface area contributed by atoms with Gasteiger partial charge in [0.25, 0.3) is 11.8 Å². The van der Waals surface area contributed by atoms with E-state index in [0.29, 0.717) is 5.56 Å². The predicted octanol–water partition coefficient (Wildman–Crippen LogP) is 5.22. The largest absolute Gasteiger partial charge is 0.573 e. The van der Waals surface area contributed by atoms with E-state index in [1.54, 1.807) is 6.92 Å². The number of nitrogens with one attached hydrogen (secondary N) is 1. The minimum Gasteiger partial charge on any atom is -0.456 e. The van der Waals surface area contributed by atoms with Crippen LogP contribution in [0.25, 0.3) is 0 Å². The predicted molar refractivity (Wildman–Crippen MR) is 110 cm³/mol. The van der Waals surface area contributed by atoms with Gasteiger partial charge in [-0.2, -0.15) is 0 Å². The minimum atomic E-state index is -4.87. The van der Waals surface area contributed by atoms with E-state index in [2.05, 4.69) is 15.0 Å². The molecule has 7 nitrogen and oxygen atoms in total. The van der Waals surface area contributed by atoms with Gasteiger partial charge in [-0.05, 0) is 55.0 Å². The molecule has 3 rings (SSSR count). The standard InChI is InChI=1S/C21H14ClF4N3O4/c1-10-9-28-15(19(27)30)8-14(10)29-20(31)17-16(7-6-13(22)18(17)23)32-11-2-4-12(5-3-11)33-21(24,25)26/h2-9H,1H3,(H2,27,30)(H,28,29,31). The van der Waals surface area contributed by atoms with Crippen LogP contribution >= 0.6 is 11.6 Å². The van der Waals surface area contributed by atoms with Crippen LogP contribution < -0.4 is 20.5 Å². The molecule has 2 amide bonds. The molecule has 0 saturated carbocycles. The van der Waals surface area contributed by atoms with Crippen molar-refractivity contribution in [1.29, 1.82) is 0 Å². The van der Waals surface area contributed by atoms with Crippen LogP contribution in [-0.4, -0.2) is 23.2 Å². The van der Waals surface area contributed by atoms with Crippen LogP contribution in [0.5, 0.6) is 17.2 Å². The van der Waals surface area contributed by atoms with E-state index < -0.39 is 35.3 Å². The number of rotatable bonds is 6. The number of carbonyl (C=O) groups is 2. The average molecular weight is 484 g/mol. The fraction of sp³-hybridized carbons (Fsp3) is 0.0952. The Bertz CT molecular complexity index is 1220. The summed E-state index contributed by atoms with van der Waals surface area (Å²) >= 11 is 5.81. The number of aryl methyl sites for hydroxylation is 1. The van der Waals surface area contributed by atoms with Crippen molar-refractivity contribution in [3.8, 4) is 17.2 Å². The third kappa shape index (κ3) is 5.89. The molecule has 0 fully saturated rings. The second kappa shape index (κ2) is 9.33. The quantitative estimate of drug-likeness (QED) is 0.468. The van der Waals surface area contributed by atoms with Gasteiger partial charge in [0.1, 0.15) is 28.5 Å². The Morgan fingerprint density at radius 1 is 1.09 bits per heavy atom. The molecular weight excluding hydrogens is 470 g/mol. The number of hydrogen-bond donors (Lipinski definition) is 2. The zero-order valence-electron chi connectivity index (χ0n) is 16.7. The van der Waals surface area contributed by atoms with Gasteiger partial charge in [-0.15, -0.1) is 13.2 Å². The third-order valence-electron chi connectivity index (χ3n) is 4.17. The number of alkyl halides is 3. The van der Waals surface area contributed by atoms with Gasteiger partial charge >= 0.3 is 6.36 Å². The van der Waals surface area contributed by atoms with E-state index in [-0.39, 0.29) is 27.9 Å². The molecule has 0 aliphatic heterocycles. The average Bonchev–Trinajstić information content (AvgIpc) is 2.72. The van der Waals surface area contributed by atoms with Crippen molar-refractivity contribution in [3.05, 3.63) is 76.3 Å². The first-order valence-electron chi connectivity index (χ1n) is 9.04. The molecule has 0 atom stereocenters. The number of benzene rings is 2. The molecule has 172 valence electrons. The molecule has 0 aliphatic carbocycles. The number of halogens is 5. The van der Waals surface area contributed by atoms with E-state index in [1.165, 1.54) is 18.3 Å². The number of anilines is 1. The Hall–Kier alpha value is -3.86. The van der Waals surface area contributed by atoms with Crippen molar-refractivity contribution in [3.63, 3.8) is 0 Å². The number of amides is 2. The minimum absolute atomic E-state index is 0.00333. The number of nitrogens with two attached hydrogens (primary N) is 1. The second-order valence-corrected chi connectivity index (χ2v) is 6.97. The van der Waals surface area contributed by atoms with Crippen molar-refractivity contribution in [2.24, 2.45) is 5.73 Å².